The summed E-state index contributed by atoms with van der Waals surface area (Å²) in [4.78, 5) is 10.2. The van der Waals surface area contributed by atoms with Crippen LogP contribution in [0.3, 0.4) is 0 Å². The normalized spacial score (nSPS) is 11.8. The van der Waals surface area contributed by atoms with Gasteiger partial charge < -0.3 is 5.11 Å². The molecule has 0 saturated heterocycles. The van der Waals surface area contributed by atoms with E-state index in [-0.39, 0.29) is 27.4 Å². The van der Waals surface area contributed by atoms with Crippen molar-refractivity contribution in [2.45, 2.75) is 11.3 Å². The second-order valence-corrected chi connectivity index (χ2v) is 6.91. The Morgan fingerprint density at radius 1 is 1.53 bits per heavy atom. The topological polar surface area (TPSA) is 74.7 Å². The van der Waals surface area contributed by atoms with Gasteiger partial charge in [0.15, 0.2) is 0 Å². The van der Waals surface area contributed by atoms with Gasteiger partial charge in [0.05, 0.1) is 11.4 Å². The molecular weight excluding hydrogens is 365 g/mol. The average Bonchev–Trinajstić information content (AvgIpc) is 2.23. The zero-order valence-electron chi connectivity index (χ0n) is 9.73. The van der Waals surface area contributed by atoms with Crippen LogP contribution in [0.25, 0.3) is 0 Å². The van der Waals surface area contributed by atoms with E-state index in [4.69, 9.17) is 16.7 Å². The lowest BCUT2D eigenvalue weighted by atomic mass is 10.3. The van der Waals surface area contributed by atoms with Gasteiger partial charge in [-0.1, -0.05) is 11.6 Å². The Morgan fingerprint density at radius 3 is 2.58 bits per heavy atom. The lowest BCUT2D eigenvalue weighted by Crippen LogP contribution is -2.29. The molecule has 1 rings (SSSR count). The molecule has 1 aromatic carbocycles. The molecule has 0 amide bonds. The van der Waals surface area contributed by atoms with E-state index < -0.39 is 21.8 Å². The number of hydrogen-bond acceptors (Lipinski definition) is 3. The van der Waals surface area contributed by atoms with Crippen molar-refractivity contribution in [3.63, 3.8) is 0 Å². The smallest absolute Gasteiger partial charge is 0.304 e. The van der Waals surface area contributed by atoms with Crippen LogP contribution < -0.4 is 0 Å². The molecule has 0 aliphatic carbocycles. The Bertz CT molecular complexity index is 585. The number of carboxylic acid groups (broad SMARTS) is 1. The monoisotopic (exact) mass is 373 g/mol. The minimum Gasteiger partial charge on any atom is -0.481 e. The number of aliphatic carboxylic acids is 1. The minimum absolute atomic E-state index is 0.0142. The molecule has 1 N–H and O–H groups in total. The van der Waals surface area contributed by atoms with Gasteiger partial charge in [-0.25, -0.2) is 17.1 Å². The number of rotatable bonds is 5. The van der Waals surface area contributed by atoms with Crippen molar-refractivity contribution >= 4 is 43.5 Å². The van der Waals surface area contributed by atoms with Crippen LogP contribution in [0.15, 0.2) is 21.5 Å². The van der Waals surface area contributed by atoms with Gasteiger partial charge in [0.1, 0.15) is 10.7 Å². The summed E-state index contributed by atoms with van der Waals surface area (Å²) in [6, 6.07) is 1.86. The summed E-state index contributed by atoms with van der Waals surface area (Å²) in [5.41, 5.74) is 0. The zero-order chi connectivity index (χ0) is 14.8. The summed E-state index contributed by atoms with van der Waals surface area (Å²) < 4.78 is 38.3. The number of nitrogens with zero attached hydrogens (tertiary/aromatic N) is 1. The van der Waals surface area contributed by atoms with Gasteiger partial charge in [-0.05, 0) is 28.1 Å². The van der Waals surface area contributed by atoms with Crippen molar-refractivity contribution in [1.82, 2.24) is 4.31 Å². The van der Waals surface area contributed by atoms with Crippen molar-refractivity contribution < 1.29 is 22.7 Å². The molecule has 0 spiro atoms. The highest BCUT2D eigenvalue weighted by Gasteiger charge is 2.27. The van der Waals surface area contributed by atoms with Crippen LogP contribution in [0.2, 0.25) is 5.02 Å². The molecule has 0 saturated carbocycles. The first kappa shape index (κ1) is 16.4. The second kappa shape index (κ2) is 6.17. The number of carbonyl (C=O) groups is 1. The molecule has 9 heteroatoms. The number of carboxylic acids is 1. The van der Waals surface area contributed by atoms with E-state index in [1.54, 1.807) is 0 Å². The van der Waals surface area contributed by atoms with Crippen LogP contribution in [-0.2, 0) is 14.8 Å². The minimum atomic E-state index is -3.99. The van der Waals surface area contributed by atoms with Gasteiger partial charge in [0.25, 0.3) is 0 Å². The van der Waals surface area contributed by atoms with E-state index >= 15 is 0 Å². The highest BCUT2D eigenvalue weighted by Crippen LogP contribution is 2.32. The fourth-order valence-corrected chi connectivity index (χ4v) is 4.22. The van der Waals surface area contributed by atoms with Crippen molar-refractivity contribution in [3.05, 3.63) is 27.4 Å². The third kappa shape index (κ3) is 3.88. The lowest BCUT2D eigenvalue weighted by molar-refractivity contribution is -0.137. The standard InChI is InChI=1S/C10H10BrClFNO4S/c1-14(3-2-9(15)16)19(17,18)10-7(11)4-6(13)5-8(10)12/h4-5H,2-3H2,1H3,(H,15,16). The quantitative estimate of drug-likeness (QED) is 0.858. The van der Waals surface area contributed by atoms with E-state index in [0.717, 1.165) is 16.4 Å². The number of halogens is 3. The largest absolute Gasteiger partial charge is 0.481 e. The van der Waals surface area contributed by atoms with Crippen molar-refractivity contribution in [2.24, 2.45) is 0 Å². The van der Waals surface area contributed by atoms with Crippen LogP contribution >= 0.6 is 27.5 Å². The maximum absolute atomic E-state index is 13.1. The number of hydrogen-bond donors (Lipinski definition) is 1. The van der Waals surface area contributed by atoms with Gasteiger partial charge in [-0.15, -0.1) is 0 Å². The summed E-state index contributed by atoms with van der Waals surface area (Å²) in [6.07, 6.45) is -0.341. The molecule has 0 radical (unpaired) electrons. The first-order valence-electron chi connectivity index (χ1n) is 4.99. The molecule has 106 valence electrons. The van der Waals surface area contributed by atoms with E-state index in [2.05, 4.69) is 15.9 Å². The van der Waals surface area contributed by atoms with Gasteiger partial charge in [-0.2, -0.15) is 0 Å². The van der Waals surface area contributed by atoms with E-state index in [0.29, 0.717) is 0 Å². The van der Waals surface area contributed by atoms with E-state index in [9.17, 15) is 17.6 Å². The molecule has 0 aliphatic rings. The molecule has 0 aliphatic heterocycles. The molecule has 0 bridgehead atoms. The highest BCUT2D eigenvalue weighted by molar-refractivity contribution is 9.10. The zero-order valence-corrected chi connectivity index (χ0v) is 12.9. The molecule has 19 heavy (non-hydrogen) atoms. The summed E-state index contributed by atoms with van der Waals surface area (Å²) in [5.74, 6) is -1.80. The Kier molecular flexibility index (Phi) is 5.31. The molecule has 0 unspecified atom stereocenters. The van der Waals surface area contributed by atoms with Gasteiger partial charge in [0, 0.05) is 18.1 Å². The molecular formula is C10H10BrClFNO4S. The van der Waals surface area contributed by atoms with Crippen molar-refractivity contribution in [3.8, 4) is 0 Å². The van der Waals surface area contributed by atoms with Gasteiger partial charge >= 0.3 is 5.97 Å². The molecule has 0 atom stereocenters. The van der Waals surface area contributed by atoms with Gasteiger partial charge in [0.2, 0.25) is 10.0 Å². The van der Waals surface area contributed by atoms with Crippen LogP contribution in [0.5, 0.6) is 0 Å². The summed E-state index contributed by atoms with van der Waals surface area (Å²) in [5, 5.41) is 8.27. The summed E-state index contributed by atoms with van der Waals surface area (Å²) >= 11 is 8.67. The third-order valence-corrected chi connectivity index (χ3v) is 5.53. The molecule has 5 nitrogen and oxygen atoms in total. The van der Waals surface area contributed by atoms with E-state index in [1.807, 2.05) is 0 Å². The average molecular weight is 375 g/mol. The molecule has 1 aromatic rings. The second-order valence-electron chi connectivity index (χ2n) is 3.67. The van der Waals surface area contributed by atoms with E-state index in [1.165, 1.54) is 7.05 Å². The Labute approximate surface area is 123 Å². The van der Waals surface area contributed by atoms with Crippen molar-refractivity contribution in [1.29, 1.82) is 0 Å². The van der Waals surface area contributed by atoms with Crippen LogP contribution in [0, 0.1) is 5.82 Å². The lowest BCUT2D eigenvalue weighted by Gasteiger charge is -2.18. The van der Waals surface area contributed by atoms with Crippen molar-refractivity contribution in [2.75, 3.05) is 13.6 Å². The maximum Gasteiger partial charge on any atom is 0.304 e. The Hall–Kier alpha value is -0.700. The fourth-order valence-electron chi connectivity index (χ4n) is 1.30. The SMILES string of the molecule is CN(CCC(=O)O)S(=O)(=O)c1c(Cl)cc(F)cc1Br. The Balaban J connectivity index is 3.17. The third-order valence-electron chi connectivity index (χ3n) is 2.27. The number of sulfonamides is 1. The fraction of sp³-hybridized carbons (Fsp3) is 0.300. The van der Waals surface area contributed by atoms with Crippen LogP contribution in [0.4, 0.5) is 4.39 Å². The molecule has 0 fully saturated rings. The number of benzene rings is 1. The summed E-state index contributed by atoms with van der Waals surface area (Å²) in [7, 11) is -2.76. The van der Waals surface area contributed by atoms with Crippen LogP contribution in [0.1, 0.15) is 6.42 Å². The first-order chi connectivity index (χ1) is 8.66. The predicted molar refractivity (Wildman–Crippen MR) is 71.2 cm³/mol. The molecule has 0 aromatic heterocycles. The summed E-state index contributed by atoms with van der Waals surface area (Å²) in [6.45, 7) is -0.211. The highest BCUT2D eigenvalue weighted by atomic mass is 79.9. The Morgan fingerprint density at radius 2 is 2.11 bits per heavy atom. The maximum atomic E-state index is 13.1. The first-order valence-corrected chi connectivity index (χ1v) is 7.60. The molecule has 0 heterocycles. The van der Waals surface area contributed by atoms with Gasteiger partial charge in [-0.3, -0.25) is 4.79 Å². The predicted octanol–water partition coefficient (Wildman–Crippen LogP) is 2.34. The van der Waals surface area contributed by atoms with Crippen LogP contribution in [-0.4, -0.2) is 37.4 Å².